The van der Waals surface area contributed by atoms with Gasteiger partial charge < -0.3 is 19.4 Å². The number of ether oxygens (including phenoxy) is 2. The molecule has 2 unspecified atom stereocenters. The van der Waals surface area contributed by atoms with Crippen molar-refractivity contribution in [2.75, 3.05) is 13.2 Å². The second-order valence-electron chi connectivity index (χ2n) is 6.19. The summed E-state index contributed by atoms with van der Waals surface area (Å²) in [6, 6.07) is 0. The lowest BCUT2D eigenvalue weighted by molar-refractivity contribution is 0.0507. The van der Waals surface area contributed by atoms with E-state index in [-0.39, 0.29) is 23.8 Å². The first kappa shape index (κ1) is 15.1. The Morgan fingerprint density at radius 1 is 0.917 bits per heavy atom. The van der Waals surface area contributed by atoms with E-state index in [0.717, 1.165) is 35.1 Å². The molecule has 2 N–H and O–H groups in total. The molecule has 2 atom stereocenters. The highest BCUT2D eigenvalue weighted by Crippen LogP contribution is 2.54. The summed E-state index contributed by atoms with van der Waals surface area (Å²) in [5.41, 5.74) is 5.37. The van der Waals surface area contributed by atoms with E-state index in [1.54, 1.807) is 13.8 Å². The highest BCUT2D eigenvalue weighted by atomic mass is 16.5. The number of hydrogen-bond acceptors (Lipinski definition) is 4. The predicted molar refractivity (Wildman–Crippen MR) is 86.4 cm³/mol. The molecule has 2 heterocycles. The fraction of sp³-hybridized carbons (Fsp3) is 0.444. The molecule has 0 fully saturated rings. The molecule has 3 aliphatic rings. The number of H-pyrrole nitrogens is 2. The standard InChI is InChI=1S/C18H20N2O4/c1-3-23-17(21)15-13-9-5-6-10(11(13)7-19-15)14-12(9)8-20-16(14)18(22)24-4-2/h7-10,19-20H,3-6H2,1-2H3. The highest BCUT2D eigenvalue weighted by Gasteiger charge is 2.44. The van der Waals surface area contributed by atoms with Gasteiger partial charge in [0.25, 0.3) is 0 Å². The Hall–Kier alpha value is -2.50. The molecule has 6 heteroatoms. The van der Waals surface area contributed by atoms with E-state index in [4.69, 9.17) is 9.47 Å². The zero-order chi connectivity index (χ0) is 16.8. The second-order valence-corrected chi connectivity index (χ2v) is 6.19. The molecule has 6 nitrogen and oxygen atoms in total. The average Bonchev–Trinajstić information content (AvgIpc) is 3.22. The van der Waals surface area contributed by atoms with Crippen LogP contribution in [0.4, 0.5) is 0 Å². The molecule has 126 valence electrons. The van der Waals surface area contributed by atoms with E-state index in [1.165, 1.54) is 0 Å². The van der Waals surface area contributed by atoms with Crippen LogP contribution in [-0.4, -0.2) is 35.1 Å². The third-order valence-corrected chi connectivity index (χ3v) is 5.06. The number of carbonyl (C=O) groups excluding carboxylic acids is 2. The summed E-state index contributed by atoms with van der Waals surface area (Å²) < 4.78 is 10.3. The lowest BCUT2D eigenvalue weighted by Crippen LogP contribution is -2.26. The first-order chi connectivity index (χ1) is 11.7. The molecule has 2 bridgehead atoms. The number of hydrogen-bond donors (Lipinski definition) is 2. The number of esters is 2. The van der Waals surface area contributed by atoms with Crippen LogP contribution in [0.5, 0.6) is 0 Å². The minimum atomic E-state index is -0.311. The van der Waals surface area contributed by atoms with Crippen LogP contribution >= 0.6 is 0 Å². The lowest BCUT2D eigenvalue weighted by atomic mass is 9.65. The van der Waals surface area contributed by atoms with E-state index in [1.807, 2.05) is 12.4 Å². The van der Waals surface area contributed by atoms with Crippen LogP contribution in [0.3, 0.4) is 0 Å². The van der Waals surface area contributed by atoms with Crippen molar-refractivity contribution in [1.82, 2.24) is 9.97 Å². The molecule has 2 aromatic rings. The molecule has 24 heavy (non-hydrogen) atoms. The van der Waals surface area contributed by atoms with Crippen LogP contribution in [0.25, 0.3) is 0 Å². The van der Waals surface area contributed by atoms with Crippen molar-refractivity contribution in [2.24, 2.45) is 0 Å². The molecule has 0 amide bonds. The number of aromatic nitrogens is 2. The summed E-state index contributed by atoms with van der Waals surface area (Å²) in [6.07, 6.45) is 5.72. The van der Waals surface area contributed by atoms with Gasteiger partial charge in [0.1, 0.15) is 11.4 Å². The lowest BCUT2D eigenvalue weighted by Gasteiger charge is -2.37. The van der Waals surface area contributed by atoms with Gasteiger partial charge in [0.05, 0.1) is 13.2 Å². The Bertz CT molecular complexity index is 749. The molecule has 0 saturated carbocycles. The summed E-state index contributed by atoms with van der Waals surface area (Å²) in [7, 11) is 0. The van der Waals surface area contributed by atoms with Gasteiger partial charge in [-0.05, 0) is 48.9 Å². The zero-order valence-electron chi connectivity index (χ0n) is 13.8. The first-order valence-corrected chi connectivity index (χ1v) is 8.43. The van der Waals surface area contributed by atoms with Crippen molar-refractivity contribution in [3.8, 4) is 0 Å². The molecular weight excluding hydrogens is 308 g/mol. The second kappa shape index (κ2) is 5.54. The normalized spacial score (nSPS) is 20.4. The van der Waals surface area contributed by atoms with Gasteiger partial charge in [-0.15, -0.1) is 0 Å². The third-order valence-electron chi connectivity index (χ3n) is 5.06. The van der Waals surface area contributed by atoms with Gasteiger partial charge in [0, 0.05) is 24.2 Å². The van der Waals surface area contributed by atoms with Gasteiger partial charge in [-0.25, -0.2) is 9.59 Å². The number of carbonyl (C=O) groups is 2. The summed E-state index contributed by atoms with van der Waals surface area (Å²) in [5, 5.41) is 0. The maximum Gasteiger partial charge on any atom is 0.355 e. The van der Waals surface area contributed by atoms with Gasteiger partial charge in [-0.2, -0.15) is 0 Å². The smallest absolute Gasteiger partial charge is 0.355 e. The van der Waals surface area contributed by atoms with Crippen LogP contribution in [0.15, 0.2) is 12.4 Å². The Labute approximate surface area is 139 Å². The van der Waals surface area contributed by atoms with E-state index in [9.17, 15) is 9.59 Å². The average molecular weight is 328 g/mol. The number of aromatic amines is 2. The Morgan fingerprint density at radius 2 is 1.33 bits per heavy atom. The predicted octanol–water partition coefficient (Wildman–Crippen LogP) is 3.07. The number of fused-ring (bicyclic) bond motifs is 1. The third kappa shape index (κ3) is 1.95. The molecule has 0 radical (unpaired) electrons. The fourth-order valence-corrected chi connectivity index (χ4v) is 4.22. The summed E-state index contributed by atoms with van der Waals surface area (Å²) in [4.78, 5) is 30.7. The van der Waals surface area contributed by atoms with Gasteiger partial charge in [-0.1, -0.05) is 0 Å². The zero-order valence-corrected chi connectivity index (χ0v) is 13.8. The van der Waals surface area contributed by atoms with Gasteiger partial charge in [-0.3, -0.25) is 0 Å². The summed E-state index contributed by atoms with van der Waals surface area (Å²) in [5.74, 6) is -0.391. The van der Waals surface area contributed by atoms with E-state index < -0.39 is 0 Å². The van der Waals surface area contributed by atoms with E-state index in [2.05, 4.69) is 9.97 Å². The van der Waals surface area contributed by atoms with E-state index in [0.29, 0.717) is 24.6 Å². The topological polar surface area (TPSA) is 84.2 Å². The molecule has 0 aromatic carbocycles. The number of rotatable bonds is 4. The first-order valence-electron chi connectivity index (χ1n) is 8.43. The largest absolute Gasteiger partial charge is 0.461 e. The highest BCUT2D eigenvalue weighted by molar-refractivity contribution is 5.93. The van der Waals surface area contributed by atoms with Crippen molar-refractivity contribution in [3.63, 3.8) is 0 Å². The quantitative estimate of drug-likeness (QED) is 0.845. The van der Waals surface area contributed by atoms with Crippen LogP contribution in [0.2, 0.25) is 0 Å². The van der Waals surface area contributed by atoms with Crippen molar-refractivity contribution < 1.29 is 19.1 Å². The molecule has 0 aliphatic heterocycles. The molecule has 3 aliphatic carbocycles. The van der Waals surface area contributed by atoms with Crippen molar-refractivity contribution in [3.05, 3.63) is 46.0 Å². The monoisotopic (exact) mass is 328 g/mol. The Morgan fingerprint density at radius 3 is 1.71 bits per heavy atom. The van der Waals surface area contributed by atoms with Crippen LogP contribution in [0.1, 0.15) is 81.8 Å². The van der Waals surface area contributed by atoms with Crippen LogP contribution < -0.4 is 0 Å². The Balaban J connectivity index is 1.79. The molecule has 5 rings (SSSR count). The van der Waals surface area contributed by atoms with Crippen LogP contribution in [0, 0.1) is 0 Å². The van der Waals surface area contributed by atoms with Crippen molar-refractivity contribution >= 4 is 11.9 Å². The number of nitrogens with one attached hydrogen (secondary N) is 2. The van der Waals surface area contributed by atoms with Gasteiger partial charge >= 0.3 is 11.9 Å². The van der Waals surface area contributed by atoms with Crippen molar-refractivity contribution in [1.29, 1.82) is 0 Å². The summed E-state index contributed by atoms with van der Waals surface area (Å²) >= 11 is 0. The van der Waals surface area contributed by atoms with Crippen molar-refractivity contribution in [2.45, 2.75) is 38.5 Å². The summed E-state index contributed by atoms with van der Waals surface area (Å²) in [6.45, 7) is 4.30. The van der Waals surface area contributed by atoms with Crippen LogP contribution in [-0.2, 0) is 9.47 Å². The maximum atomic E-state index is 12.2. The SMILES string of the molecule is CCOC(=O)c1[nH]cc2c1C1CCC2c2c1c[nH]c2C(=O)OCC. The minimum absolute atomic E-state index is 0.116. The molecular formula is C18H20N2O4. The molecule has 0 saturated heterocycles. The molecule has 0 spiro atoms. The van der Waals surface area contributed by atoms with Gasteiger partial charge in [0.15, 0.2) is 0 Å². The molecule has 2 aromatic heterocycles. The van der Waals surface area contributed by atoms with E-state index >= 15 is 0 Å². The maximum absolute atomic E-state index is 12.2. The minimum Gasteiger partial charge on any atom is -0.461 e. The Kier molecular flexibility index (Phi) is 3.48. The van der Waals surface area contributed by atoms with Gasteiger partial charge in [0.2, 0.25) is 0 Å². The fourth-order valence-electron chi connectivity index (χ4n) is 4.22.